The first kappa shape index (κ1) is 14.3. The summed E-state index contributed by atoms with van der Waals surface area (Å²) in [6.45, 7) is 5.66. The molecule has 0 atom stereocenters. The number of nitrogens with zero attached hydrogens (tertiary/aromatic N) is 2. The number of amides is 1. The Morgan fingerprint density at radius 1 is 1.40 bits per heavy atom. The molecule has 1 amide bonds. The van der Waals surface area contributed by atoms with Crippen LogP contribution in [0.3, 0.4) is 0 Å². The fourth-order valence-electron chi connectivity index (χ4n) is 1.92. The van der Waals surface area contributed by atoms with E-state index >= 15 is 0 Å². The van der Waals surface area contributed by atoms with Crippen molar-refractivity contribution in [3.63, 3.8) is 0 Å². The van der Waals surface area contributed by atoms with Crippen LogP contribution in [0.15, 0.2) is 12.3 Å². The average Bonchev–Trinajstić information content (AvgIpc) is 2.36. The molecule has 0 bridgehead atoms. The van der Waals surface area contributed by atoms with Gasteiger partial charge in [0.2, 0.25) is 0 Å². The molecule has 6 nitrogen and oxygen atoms in total. The first-order chi connectivity index (χ1) is 9.31. The number of pyridine rings is 1. The zero-order valence-electron chi connectivity index (χ0n) is 12.1. The van der Waals surface area contributed by atoms with Crippen molar-refractivity contribution in [2.45, 2.75) is 32.8 Å². The van der Waals surface area contributed by atoms with Gasteiger partial charge in [-0.1, -0.05) is 0 Å². The van der Waals surface area contributed by atoms with Gasteiger partial charge in [0.1, 0.15) is 17.2 Å². The predicted octanol–water partition coefficient (Wildman–Crippen LogP) is 2.42. The van der Waals surface area contributed by atoms with Gasteiger partial charge in [-0.25, -0.2) is 9.78 Å². The Balaban J connectivity index is 2.34. The van der Waals surface area contributed by atoms with Gasteiger partial charge in [-0.15, -0.1) is 0 Å². The van der Waals surface area contributed by atoms with E-state index in [1.54, 1.807) is 26.8 Å². The molecule has 0 unspecified atom stereocenters. The molecule has 2 rings (SSSR count). The van der Waals surface area contributed by atoms with E-state index in [2.05, 4.69) is 4.98 Å². The standard InChI is InChI=1S/C14H18N2O4/c1-14(2,3)20-13(18)16-6-5-11(17)10-7-9(19-4)8-15-12(10)16/h7-8H,5-6H2,1-4H3. The van der Waals surface area contributed by atoms with Crippen molar-refractivity contribution in [1.82, 2.24) is 4.98 Å². The van der Waals surface area contributed by atoms with Crippen molar-refractivity contribution in [3.05, 3.63) is 17.8 Å². The molecule has 0 radical (unpaired) electrons. The number of anilines is 1. The van der Waals surface area contributed by atoms with E-state index in [-0.39, 0.29) is 18.7 Å². The van der Waals surface area contributed by atoms with Crippen LogP contribution in [0.4, 0.5) is 10.6 Å². The molecular weight excluding hydrogens is 260 g/mol. The second-order valence-corrected chi connectivity index (χ2v) is 5.55. The van der Waals surface area contributed by atoms with Crippen molar-refractivity contribution in [2.24, 2.45) is 0 Å². The van der Waals surface area contributed by atoms with Crippen LogP contribution < -0.4 is 9.64 Å². The van der Waals surface area contributed by atoms with Gasteiger partial charge < -0.3 is 9.47 Å². The van der Waals surface area contributed by atoms with Gasteiger partial charge in [-0.05, 0) is 26.8 Å². The summed E-state index contributed by atoms with van der Waals surface area (Å²) in [6, 6.07) is 1.60. The zero-order chi connectivity index (χ0) is 14.9. The third-order valence-electron chi connectivity index (χ3n) is 2.81. The average molecular weight is 278 g/mol. The van der Waals surface area contributed by atoms with Crippen LogP contribution in [0, 0.1) is 0 Å². The van der Waals surface area contributed by atoms with Crippen LogP contribution >= 0.6 is 0 Å². The third kappa shape index (κ3) is 2.89. The summed E-state index contributed by atoms with van der Waals surface area (Å²) in [7, 11) is 1.50. The molecule has 0 fully saturated rings. The number of aromatic nitrogens is 1. The maximum Gasteiger partial charge on any atom is 0.416 e. The summed E-state index contributed by atoms with van der Waals surface area (Å²) in [5.41, 5.74) is -0.202. The molecule has 0 aromatic carbocycles. The molecule has 1 aliphatic rings. The molecule has 0 aliphatic carbocycles. The lowest BCUT2D eigenvalue weighted by Gasteiger charge is -2.30. The SMILES string of the molecule is COc1cnc2c(c1)C(=O)CCN2C(=O)OC(C)(C)C. The van der Waals surface area contributed by atoms with Gasteiger partial charge in [0, 0.05) is 13.0 Å². The van der Waals surface area contributed by atoms with Crippen molar-refractivity contribution >= 4 is 17.7 Å². The lowest BCUT2D eigenvalue weighted by atomic mass is 10.0. The maximum atomic E-state index is 12.2. The quantitative estimate of drug-likeness (QED) is 0.789. The molecule has 1 aromatic rings. The molecule has 20 heavy (non-hydrogen) atoms. The van der Waals surface area contributed by atoms with Gasteiger partial charge in [0.25, 0.3) is 0 Å². The molecule has 108 valence electrons. The fraction of sp³-hybridized carbons (Fsp3) is 0.500. The predicted molar refractivity (Wildman–Crippen MR) is 73.3 cm³/mol. The third-order valence-corrected chi connectivity index (χ3v) is 2.81. The van der Waals surface area contributed by atoms with Gasteiger partial charge in [-0.3, -0.25) is 9.69 Å². The number of carbonyl (C=O) groups is 2. The number of ether oxygens (including phenoxy) is 2. The summed E-state index contributed by atoms with van der Waals surface area (Å²) in [6.07, 6.45) is 1.24. The molecule has 2 heterocycles. The van der Waals surface area contributed by atoms with Crippen LogP contribution in [0.25, 0.3) is 0 Å². The molecule has 0 saturated heterocycles. The Kier molecular flexibility index (Phi) is 3.65. The molecule has 1 aliphatic heterocycles. The van der Waals surface area contributed by atoms with Gasteiger partial charge in [0.15, 0.2) is 5.78 Å². The molecule has 1 aromatic heterocycles. The molecule has 6 heteroatoms. The van der Waals surface area contributed by atoms with Crippen molar-refractivity contribution < 1.29 is 19.1 Å². The fourth-order valence-corrected chi connectivity index (χ4v) is 1.92. The number of rotatable bonds is 1. The van der Waals surface area contributed by atoms with E-state index in [1.807, 2.05) is 0 Å². The lowest BCUT2D eigenvalue weighted by Crippen LogP contribution is -2.41. The number of hydrogen-bond donors (Lipinski definition) is 0. The maximum absolute atomic E-state index is 12.2. The van der Waals surface area contributed by atoms with E-state index in [0.29, 0.717) is 17.1 Å². The highest BCUT2D eigenvalue weighted by Gasteiger charge is 2.32. The molecular formula is C14H18N2O4. The molecule has 0 N–H and O–H groups in total. The Morgan fingerprint density at radius 2 is 2.10 bits per heavy atom. The topological polar surface area (TPSA) is 68.7 Å². The number of methoxy groups -OCH3 is 1. The van der Waals surface area contributed by atoms with Crippen molar-refractivity contribution in [1.29, 1.82) is 0 Å². The van der Waals surface area contributed by atoms with E-state index < -0.39 is 11.7 Å². The smallest absolute Gasteiger partial charge is 0.416 e. The lowest BCUT2D eigenvalue weighted by molar-refractivity contribution is 0.0576. The number of carbonyl (C=O) groups excluding carboxylic acids is 2. The number of hydrogen-bond acceptors (Lipinski definition) is 5. The summed E-state index contributed by atoms with van der Waals surface area (Å²) >= 11 is 0. The first-order valence-electron chi connectivity index (χ1n) is 6.39. The Bertz CT molecular complexity index is 549. The Labute approximate surface area is 117 Å². The Morgan fingerprint density at radius 3 is 2.70 bits per heavy atom. The zero-order valence-corrected chi connectivity index (χ0v) is 12.1. The number of fused-ring (bicyclic) bond motifs is 1. The van der Waals surface area contributed by atoms with Gasteiger partial charge >= 0.3 is 6.09 Å². The van der Waals surface area contributed by atoms with E-state index in [1.165, 1.54) is 18.2 Å². The van der Waals surface area contributed by atoms with E-state index in [0.717, 1.165) is 0 Å². The monoisotopic (exact) mass is 278 g/mol. The van der Waals surface area contributed by atoms with Crippen LogP contribution in [-0.4, -0.2) is 36.1 Å². The summed E-state index contributed by atoms with van der Waals surface area (Å²) in [4.78, 5) is 29.6. The number of Topliss-reactive ketones (excluding diaryl/α,β-unsaturated/α-hetero) is 1. The van der Waals surface area contributed by atoms with Crippen LogP contribution in [0.5, 0.6) is 5.75 Å². The second kappa shape index (κ2) is 5.11. The summed E-state index contributed by atoms with van der Waals surface area (Å²) in [5, 5.41) is 0. The van der Waals surface area contributed by atoms with Crippen molar-refractivity contribution in [2.75, 3.05) is 18.6 Å². The summed E-state index contributed by atoms with van der Waals surface area (Å²) < 4.78 is 10.4. The van der Waals surface area contributed by atoms with Gasteiger partial charge in [-0.2, -0.15) is 0 Å². The second-order valence-electron chi connectivity index (χ2n) is 5.55. The van der Waals surface area contributed by atoms with Gasteiger partial charge in [0.05, 0.1) is 18.9 Å². The highest BCUT2D eigenvalue weighted by Crippen LogP contribution is 2.29. The molecule has 0 spiro atoms. The van der Waals surface area contributed by atoms with Crippen LogP contribution in [0.2, 0.25) is 0 Å². The van der Waals surface area contributed by atoms with Crippen LogP contribution in [0.1, 0.15) is 37.6 Å². The minimum atomic E-state index is -0.592. The van der Waals surface area contributed by atoms with E-state index in [9.17, 15) is 9.59 Å². The highest BCUT2D eigenvalue weighted by atomic mass is 16.6. The summed E-state index contributed by atoms with van der Waals surface area (Å²) in [5.74, 6) is 0.769. The first-order valence-corrected chi connectivity index (χ1v) is 6.39. The van der Waals surface area contributed by atoms with Crippen LogP contribution in [-0.2, 0) is 4.74 Å². The highest BCUT2D eigenvalue weighted by molar-refractivity contribution is 6.06. The minimum Gasteiger partial charge on any atom is -0.495 e. The minimum absolute atomic E-state index is 0.0498. The molecule has 0 saturated carbocycles. The largest absolute Gasteiger partial charge is 0.495 e. The van der Waals surface area contributed by atoms with E-state index in [4.69, 9.17) is 9.47 Å². The Hall–Kier alpha value is -2.11. The number of ketones is 1. The normalized spacial score (nSPS) is 14.8. The van der Waals surface area contributed by atoms with Crippen molar-refractivity contribution in [3.8, 4) is 5.75 Å².